The van der Waals surface area contributed by atoms with E-state index in [0.717, 1.165) is 11.3 Å². The Hall–Kier alpha value is -3.44. The molecule has 0 aliphatic heterocycles. The summed E-state index contributed by atoms with van der Waals surface area (Å²) < 4.78 is 7.93. The first-order chi connectivity index (χ1) is 13.9. The van der Waals surface area contributed by atoms with E-state index in [1.165, 1.54) is 16.2 Å². The topological polar surface area (TPSA) is 147 Å². The van der Waals surface area contributed by atoms with Crippen LogP contribution in [0.25, 0.3) is 11.2 Å². The molecule has 0 aliphatic rings. The van der Waals surface area contributed by atoms with E-state index in [9.17, 15) is 14.7 Å². The molecule has 11 nitrogen and oxygen atoms in total. The lowest BCUT2D eigenvalue weighted by Gasteiger charge is -2.11. The van der Waals surface area contributed by atoms with Gasteiger partial charge >= 0.3 is 5.69 Å². The van der Waals surface area contributed by atoms with Crippen molar-refractivity contribution < 1.29 is 14.9 Å². The molecule has 0 fully saturated rings. The summed E-state index contributed by atoms with van der Waals surface area (Å²) in [5, 5.41) is 23.1. The molecule has 4 N–H and O–H groups in total. The third-order valence-electron chi connectivity index (χ3n) is 4.18. The summed E-state index contributed by atoms with van der Waals surface area (Å²) >= 11 is 0. The number of hydrogen-bond donors (Lipinski definition) is 4. The fourth-order valence-corrected chi connectivity index (χ4v) is 2.75. The van der Waals surface area contributed by atoms with Crippen molar-refractivity contribution in [3.63, 3.8) is 0 Å². The molecule has 29 heavy (non-hydrogen) atoms. The van der Waals surface area contributed by atoms with Crippen molar-refractivity contribution in [3.05, 3.63) is 50.7 Å². The van der Waals surface area contributed by atoms with Crippen molar-refractivity contribution in [1.82, 2.24) is 19.1 Å². The van der Waals surface area contributed by atoms with E-state index in [4.69, 9.17) is 9.84 Å². The highest BCUT2D eigenvalue weighted by Crippen LogP contribution is 2.16. The summed E-state index contributed by atoms with van der Waals surface area (Å²) in [6.07, 6.45) is 0.421. The van der Waals surface area contributed by atoms with Crippen molar-refractivity contribution in [3.8, 4) is 5.75 Å². The number of aromatic amines is 1. The largest absolute Gasteiger partial charge is 0.494 e. The number of ether oxygens (including phenoxy) is 1. The van der Waals surface area contributed by atoms with E-state index in [1.807, 2.05) is 31.2 Å². The number of aliphatic hydroxyl groups excluding tert-OH is 2. The summed E-state index contributed by atoms with van der Waals surface area (Å²) in [5.41, 5.74) is 2.47. The van der Waals surface area contributed by atoms with Crippen LogP contribution in [0.3, 0.4) is 0 Å². The quantitative estimate of drug-likeness (QED) is 0.297. The lowest BCUT2D eigenvalue weighted by Crippen LogP contribution is -2.30. The first-order valence-electron chi connectivity index (χ1n) is 8.95. The van der Waals surface area contributed by atoms with Crippen molar-refractivity contribution in [2.45, 2.75) is 19.6 Å². The summed E-state index contributed by atoms with van der Waals surface area (Å²) in [7, 11) is 1.47. The first-order valence-corrected chi connectivity index (χ1v) is 8.95. The van der Waals surface area contributed by atoms with Crippen LogP contribution in [0.15, 0.2) is 39.0 Å². The van der Waals surface area contributed by atoms with E-state index in [-0.39, 0.29) is 23.7 Å². The molecular weight excluding hydrogens is 380 g/mol. The van der Waals surface area contributed by atoms with Gasteiger partial charge in [-0.2, -0.15) is 10.1 Å². The zero-order chi connectivity index (χ0) is 21.0. The molecule has 0 spiro atoms. The highest BCUT2D eigenvalue weighted by Gasteiger charge is 2.19. The van der Waals surface area contributed by atoms with Crippen LogP contribution >= 0.6 is 0 Å². The van der Waals surface area contributed by atoms with Crippen molar-refractivity contribution in [1.29, 1.82) is 0 Å². The first kappa shape index (κ1) is 20.3. The SMILES string of the molecule is CCOc1ccc(C=NNc2nc3c(c(=O)[nH]c(=O)n3C)n2CC(O)CO)cc1. The Kier molecular flexibility index (Phi) is 6.10. The van der Waals surface area contributed by atoms with Gasteiger partial charge in [-0.3, -0.25) is 14.3 Å². The number of fused-ring (bicyclic) bond motifs is 1. The van der Waals surface area contributed by atoms with Gasteiger partial charge in [0.15, 0.2) is 11.2 Å². The maximum atomic E-state index is 12.3. The number of aromatic nitrogens is 4. The van der Waals surface area contributed by atoms with Gasteiger partial charge in [-0.25, -0.2) is 10.2 Å². The number of benzene rings is 1. The van der Waals surface area contributed by atoms with Crippen LogP contribution in [0.4, 0.5) is 5.95 Å². The van der Waals surface area contributed by atoms with E-state index in [1.54, 1.807) is 6.21 Å². The van der Waals surface area contributed by atoms with E-state index in [2.05, 4.69) is 20.5 Å². The number of anilines is 1. The van der Waals surface area contributed by atoms with Crippen LogP contribution in [-0.4, -0.2) is 54.8 Å². The Labute approximate surface area is 164 Å². The summed E-state index contributed by atoms with van der Waals surface area (Å²) in [5.74, 6) is 0.888. The molecule has 0 saturated heterocycles. The van der Waals surface area contributed by atoms with Gasteiger partial charge in [0.05, 0.1) is 32.1 Å². The number of aryl methyl sites for hydroxylation is 1. The lowest BCUT2D eigenvalue weighted by atomic mass is 10.2. The van der Waals surface area contributed by atoms with Crippen LogP contribution in [-0.2, 0) is 13.6 Å². The van der Waals surface area contributed by atoms with Crippen molar-refractivity contribution >= 4 is 23.3 Å². The normalized spacial score (nSPS) is 12.6. The Balaban J connectivity index is 1.94. The molecule has 3 rings (SSSR count). The zero-order valence-corrected chi connectivity index (χ0v) is 16.0. The van der Waals surface area contributed by atoms with Gasteiger partial charge in [0, 0.05) is 7.05 Å². The Morgan fingerprint density at radius 1 is 1.34 bits per heavy atom. The molecule has 3 aromatic rings. The fraction of sp³-hybridized carbons (Fsp3) is 0.333. The molecule has 2 aromatic heterocycles. The summed E-state index contributed by atoms with van der Waals surface area (Å²) in [6, 6.07) is 7.27. The second kappa shape index (κ2) is 8.71. The van der Waals surface area contributed by atoms with Crippen LogP contribution in [0.5, 0.6) is 5.75 Å². The molecule has 1 unspecified atom stereocenters. The second-order valence-electron chi connectivity index (χ2n) is 6.24. The molecule has 11 heteroatoms. The van der Waals surface area contributed by atoms with Gasteiger partial charge in [0.2, 0.25) is 5.95 Å². The monoisotopic (exact) mass is 402 g/mol. The van der Waals surface area contributed by atoms with E-state index < -0.39 is 24.0 Å². The number of H-pyrrole nitrogens is 1. The summed E-state index contributed by atoms with van der Waals surface area (Å²) in [6.45, 7) is 1.86. The number of hydrazone groups is 1. The second-order valence-corrected chi connectivity index (χ2v) is 6.24. The highest BCUT2D eigenvalue weighted by atomic mass is 16.5. The maximum Gasteiger partial charge on any atom is 0.329 e. The Morgan fingerprint density at radius 3 is 2.72 bits per heavy atom. The third kappa shape index (κ3) is 4.36. The van der Waals surface area contributed by atoms with E-state index in [0.29, 0.717) is 6.61 Å². The minimum absolute atomic E-state index is 0.0818. The number of nitrogens with zero attached hydrogens (tertiary/aromatic N) is 4. The minimum atomic E-state index is -1.13. The average molecular weight is 402 g/mol. The fourth-order valence-electron chi connectivity index (χ4n) is 2.75. The van der Waals surface area contributed by atoms with Gasteiger partial charge in [-0.05, 0) is 36.8 Å². The molecule has 2 heterocycles. The molecule has 0 saturated carbocycles. The number of rotatable bonds is 8. The molecule has 154 valence electrons. The lowest BCUT2D eigenvalue weighted by molar-refractivity contribution is 0.0825. The molecule has 0 aliphatic carbocycles. The van der Waals surface area contributed by atoms with Crippen LogP contribution in [0, 0.1) is 0 Å². The molecule has 1 aromatic carbocycles. The average Bonchev–Trinajstić information content (AvgIpc) is 3.06. The van der Waals surface area contributed by atoms with Crippen LogP contribution in [0.1, 0.15) is 12.5 Å². The Bertz CT molecular complexity index is 1130. The van der Waals surface area contributed by atoms with Crippen molar-refractivity contribution in [2.75, 3.05) is 18.6 Å². The van der Waals surface area contributed by atoms with Crippen LogP contribution < -0.4 is 21.4 Å². The van der Waals surface area contributed by atoms with Gasteiger partial charge in [-0.1, -0.05) is 0 Å². The molecule has 0 radical (unpaired) electrons. The van der Waals surface area contributed by atoms with Crippen molar-refractivity contribution in [2.24, 2.45) is 12.1 Å². The minimum Gasteiger partial charge on any atom is -0.494 e. The Morgan fingerprint density at radius 2 is 2.07 bits per heavy atom. The third-order valence-corrected chi connectivity index (χ3v) is 4.18. The van der Waals surface area contributed by atoms with Gasteiger partial charge in [-0.15, -0.1) is 0 Å². The van der Waals surface area contributed by atoms with Gasteiger partial charge in [0.1, 0.15) is 5.75 Å². The van der Waals surface area contributed by atoms with Gasteiger partial charge < -0.3 is 19.5 Å². The molecule has 1 atom stereocenters. The number of aliphatic hydroxyl groups is 2. The predicted molar refractivity (Wildman–Crippen MR) is 108 cm³/mol. The number of hydrogen-bond acceptors (Lipinski definition) is 8. The molecule has 0 bridgehead atoms. The molecular formula is C18H22N6O5. The highest BCUT2D eigenvalue weighted by molar-refractivity contribution is 5.80. The van der Waals surface area contributed by atoms with Crippen LogP contribution in [0.2, 0.25) is 0 Å². The number of nitrogens with one attached hydrogen (secondary N) is 2. The maximum absolute atomic E-state index is 12.3. The van der Waals surface area contributed by atoms with Gasteiger partial charge in [0.25, 0.3) is 5.56 Å². The zero-order valence-electron chi connectivity index (χ0n) is 16.0. The standard InChI is InChI=1S/C18H22N6O5/c1-3-29-13-6-4-11(5-7-13)8-19-22-17-20-15-14(24(17)9-12(26)10-25)16(27)21-18(28)23(15)2/h4-8,12,25-26H,3,9-10H2,1-2H3,(H,20,22)(H,21,27,28). The predicted octanol–water partition coefficient (Wildman–Crippen LogP) is -0.379. The number of imidazole rings is 1. The smallest absolute Gasteiger partial charge is 0.329 e. The summed E-state index contributed by atoms with van der Waals surface area (Å²) in [4.78, 5) is 30.6. The molecule has 0 amide bonds. The van der Waals surface area contributed by atoms with E-state index >= 15 is 0 Å².